The summed E-state index contributed by atoms with van der Waals surface area (Å²) in [5.74, 6) is 1.90. The van der Waals surface area contributed by atoms with Crippen LogP contribution in [0.4, 0.5) is 0 Å². The Balaban J connectivity index is 1.46. The standard InChI is InChI=1S/C20H29N3O3S/c1-2-3-10-27(24,25)23-15-18-11-19(16-23)14-22(13-18)8-9-26-20-6-4-17(12-21)5-7-20/h4-7,18-19H,2-3,8-11,13-16H2,1H3. The molecule has 0 spiro atoms. The van der Waals surface area contributed by atoms with Gasteiger partial charge in [-0.3, -0.25) is 4.90 Å². The molecule has 2 aliphatic heterocycles. The lowest BCUT2D eigenvalue weighted by Crippen LogP contribution is -2.54. The van der Waals surface area contributed by atoms with Crippen molar-refractivity contribution >= 4 is 10.0 Å². The number of rotatable bonds is 8. The number of nitriles is 1. The van der Waals surface area contributed by atoms with E-state index in [0.29, 0.717) is 37.1 Å². The molecule has 2 fully saturated rings. The minimum Gasteiger partial charge on any atom is -0.492 e. The van der Waals surface area contributed by atoms with E-state index in [1.165, 1.54) is 0 Å². The summed E-state index contributed by atoms with van der Waals surface area (Å²) in [4.78, 5) is 2.40. The van der Waals surface area contributed by atoms with E-state index in [-0.39, 0.29) is 5.75 Å². The van der Waals surface area contributed by atoms with Gasteiger partial charge in [0.05, 0.1) is 17.4 Å². The smallest absolute Gasteiger partial charge is 0.214 e. The molecule has 2 atom stereocenters. The quantitative estimate of drug-likeness (QED) is 0.680. The zero-order valence-electron chi connectivity index (χ0n) is 16.0. The Morgan fingerprint density at radius 1 is 1.15 bits per heavy atom. The molecule has 2 saturated heterocycles. The lowest BCUT2D eigenvalue weighted by atomic mass is 9.86. The van der Waals surface area contributed by atoms with Crippen LogP contribution in [0.5, 0.6) is 5.75 Å². The number of ether oxygens (including phenoxy) is 1. The van der Waals surface area contributed by atoms with Gasteiger partial charge in [0.25, 0.3) is 0 Å². The van der Waals surface area contributed by atoms with Gasteiger partial charge >= 0.3 is 0 Å². The van der Waals surface area contributed by atoms with E-state index in [9.17, 15) is 8.42 Å². The van der Waals surface area contributed by atoms with Crippen LogP contribution in [0.1, 0.15) is 31.7 Å². The molecular weight excluding hydrogens is 362 g/mol. The van der Waals surface area contributed by atoms with Crippen molar-refractivity contribution in [3.8, 4) is 11.8 Å². The molecule has 0 radical (unpaired) electrons. The van der Waals surface area contributed by atoms with Gasteiger partial charge in [0.1, 0.15) is 12.4 Å². The van der Waals surface area contributed by atoms with Crippen molar-refractivity contribution in [1.82, 2.24) is 9.21 Å². The summed E-state index contributed by atoms with van der Waals surface area (Å²) >= 11 is 0. The number of benzene rings is 1. The van der Waals surface area contributed by atoms with Crippen LogP contribution in [0, 0.1) is 23.2 Å². The van der Waals surface area contributed by atoms with E-state index in [1.54, 1.807) is 16.4 Å². The fourth-order valence-electron chi connectivity index (χ4n) is 4.12. The Kier molecular flexibility index (Phi) is 6.74. The third-order valence-electron chi connectivity index (χ3n) is 5.43. The highest BCUT2D eigenvalue weighted by atomic mass is 32.2. The predicted octanol–water partition coefficient (Wildman–Crippen LogP) is 2.32. The van der Waals surface area contributed by atoms with Gasteiger partial charge in [-0.1, -0.05) is 13.3 Å². The molecule has 27 heavy (non-hydrogen) atoms. The van der Waals surface area contributed by atoms with Crippen LogP contribution >= 0.6 is 0 Å². The number of sulfonamides is 1. The van der Waals surface area contributed by atoms with E-state index in [4.69, 9.17) is 10.00 Å². The molecule has 0 aromatic heterocycles. The van der Waals surface area contributed by atoms with E-state index in [1.807, 2.05) is 19.1 Å². The molecule has 0 saturated carbocycles. The van der Waals surface area contributed by atoms with E-state index < -0.39 is 10.0 Å². The second-order valence-electron chi connectivity index (χ2n) is 7.70. The number of unbranched alkanes of at least 4 members (excludes halogenated alkanes) is 1. The first-order chi connectivity index (χ1) is 13.0. The van der Waals surface area contributed by atoms with Gasteiger partial charge in [0.2, 0.25) is 10.0 Å². The van der Waals surface area contributed by atoms with Gasteiger partial charge in [-0.25, -0.2) is 12.7 Å². The van der Waals surface area contributed by atoms with Crippen molar-refractivity contribution in [3.63, 3.8) is 0 Å². The molecule has 7 heteroatoms. The van der Waals surface area contributed by atoms with Crippen LogP contribution < -0.4 is 4.74 Å². The average molecular weight is 392 g/mol. The van der Waals surface area contributed by atoms with Gasteiger partial charge in [-0.15, -0.1) is 0 Å². The Labute approximate surface area is 162 Å². The first-order valence-corrected chi connectivity index (χ1v) is 11.4. The van der Waals surface area contributed by atoms with Crippen molar-refractivity contribution < 1.29 is 13.2 Å². The Morgan fingerprint density at radius 2 is 1.81 bits per heavy atom. The number of piperidine rings is 2. The Hall–Kier alpha value is -1.62. The highest BCUT2D eigenvalue weighted by Gasteiger charge is 2.38. The predicted molar refractivity (Wildman–Crippen MR) is 105 cm³/mol. The highest BCUT2D eigenvalue weighted by Crippen LogP contribution is 2.30. The molecular formula is C20H29N3O3S. The first kappa shape index (κ1) is 20.1. The monoisotopic (exact) mass is 391 g/mol. The molecule has 0 amide bonds. The van der Waals surface area contributed by atoms with Crippen LogP contribution in [0.3, 0.4) is 0 Å². The molecule has 1 aromatic carbocycles. The van der Waals surface area contributed by atoms with Gasteiger partial charge in [0.15, 0.2) is 0 Å². The zero-order valence-corrected chi connectivity index (χ0v) is 16.8. The summed E-state index contributed by atoms with van der Waals surface area (Å²) in [6.45, 7) is 6.67. The average Bonchev–Trinajstić information content (AvgIpc) is 2.66. The number of nitrogens with zero attached hydrogens (tertiary/aromatic N) is 3. The normalized spacial score (nSPS) is 23.7. The lowest BCUT2D eigenvalue weighted by molar-refractivity contribution is 0.0564. The maximum Gasteiger partial charge on any atom is 0.214 e. The van der Waals surface area contributed by atoms with Gasteiger partial charge in [-0.05, 0) is 48.9 Å². The molecule has 2 aliphatic rings. The second-order valence-corrected chi connectivity index (χ2v) is 9.79. The maximum atomic E-state index is 12.5. The Bertz CT molecular complexity index is 744. The topological polar surface area (TPSA) is 73.6 Å². The van der Waals surface area contributed by atoms with Crippen LogP contribution in [0.15, 0.2) is 24.3 Å². The van der Waals surface area contributed by atoms with Crippen molar-refractivity contribution in [2.45, 2.75) is 26.2 Å². The van der Waals surface area contributed by atoms with E-state index in [2.05, 4.69) is 11.0 Å². The minimum absolute atomic E-state index is 0.283. The molecule has 1 aromatic rings. The molecule has 2 heterocycles. The molecule has 148 valence electrons. The number of likely N-dealkylation sites (tertiary alicyclic amines) is 1. The fraction of sp³-hybridized carbons (Fsp3) is 0.650. The van der Waals surface area contributed by atoms with Gasteiger partial charge in [0, 0.05) is 32.7 Å². The number of hydrogen-bond acceptors (Lipinski definition) is 5. The summed E-state index contributed by atoms with van der Waals surface area (Å²) in [5, 5.41) is 8.83. The van der Waals surface area contributed by atoms with E-state index >= 15 is 0 Å². The van der Waals surface area contributed by atoms with Gasteiger partial charge in [-0.2, -0.15) is 5.26 Å². The second kappa shape index (κ2) is 9.05. The van der Waals surface area contributed by atoms with Crippen LogP contribution in [0.2, 0.25) is 0 Å². The SMILES string of the molecule is CCCCS(=O)(=O)N1CC2CC(CN(CCOc3ccc(C#N)cc3)C2)C1. The molecule has 0 aliphatic carbocycles. The first-order valence-electron chi connectivity index (χ1n) is 9.83. The van der Waals surface area contributed by atoms with E-state index in [0.717, 1.165) is 44.6 Å². The zero-order chi connectivity index (χ0) is 19.3. The van der Waals surface area contributed by atoms with Crippen molar-refractivity contribution in [2.75, 3.05) is 45.1 Å². The molecule has 0 N–H and O–H groups in total. The number of fused-ring (bicyclic) bond motifs is 2. The summed E-state index contributed by atoms with van der Waals surface area (Å²) < 4.78 is 32.5. The molecule has 2 unspecified atom stereocenters. The van der Waals surface area contributed by atoms with Crippen molar-refractivity contribution in [2.24, 2.45) is 11.8 Å². The minimum atomic E-state index is -3.10. The third-order valence-corrected chi connectivity index (χ3v) is 7.32. The summed E-state index contributed by atoms with van der Waals surface area (Å²) in [6, 6.07) is 9.26. The third kappa shape index (κ3) is 5.44. The van der Waals surface area contributed by atoms with Gasteiger partial charge < -0.3 is 4.74 Å². The highest BCUT2D eigenvalue weighted by molar-refractivity contribution is 7.89. The molecule has 6 nitrogen and oxygen atoms in total. The summed E-state index contributed by atoms with van der Waals surface area (Å²) in [7, 11) is -3.10. The van der Waals surface area contributed by atoms with Crippen LogP contribution in [0.25, 0.3) is 0 Å². The summed E-state index contributed by atoms with van der Waals surface area (Å²) in [5.41, 5.74) is 0.629. The lowest BCUT2D eigenvalue weighted by Gasteiger charge is -2.45. The molecule has 2 bridgehead atoms. The van der Waals surface area contributed by atoms with Crippen LogP contribution in [-0.4, -0.2) is 62.7 Å². The van der Waals surface area contributed by atoms with Crippen LogP contribution in [-0.2, 0) is 10.0 Å². The fourth-order valence-corrected chi connectivity index (χ4v) is 5.91. The van der Waals surface area contributed by atoms with Crippen molar-refractivity contribution in [1.29, 1.82) is 5.26 Å². The number of hydrogen-bond donors (Lipinski definition) is 0. The maximum absolute atomic E-state index is 12.5. The molecule has 3 rings (SSSR count). The largest absolute Gasteiger partial charge is 0.492 e. The van der Waals surface area contributed by atoms with Crippen molar-refractivity contribution in [3.05, 3.63) is 29.8 Å². The Morgan fingerprint density at radius 3 is 2.41 bits per heavy atom. The summed E-state index contributed by atoms with van der Waals surface area (Å²) in [6.07, 6.45) is 2.78.